The van der Waals surface area contributed by atoms with Crippen molar-refractivity contribution in [1.29, 1.82) is 0 Å². The lowest BCUT2D eigenvalue weighted by atomic mass is 10.2. The van der Waals surface area contributed by atoms with Gasteiger partial charge in [0.1, 0.15) is 5.75 Å². The number of nitrogens with one attached hydrogen (secondary N) is 1. The fourth-order valence-corrected chi connectivity index (χ4v) is 1.86. The van der Waals surface area contributed by atoms with Crippen LogP contribution in [0.1, 0.15) is 46.0 Å². The molecule has 0 aliphatic carbocycles. The van der Waals surface area contributed by atoms with E-state index >= 15 is 0 Å². The Bertz CT molecular complexity index is 351. The van der Waals surface area contributed by atoms with E-state index in [-0.39, 0.29) is 5.91 Å². The summed E-state index contributed by atoms with van der Waals surface area (Å²) in [6, 6.07) is 9.49. The fourth-order valence-electron chi connectivity index (χ4n) is 1.86. The van der Waals surface area contributed by atoms with Crippen molar-refractivity contribution in [2.45, 2.75) is 52.1 Å². The van der Waals surface area contributed by atoms with Crippen molar-refractivity contribution in [1.82, 2.24) is 5.32 Å². The molecule has 0 saturated heterocycles. The number of para-hydroxylation sites is 1. The Labute approximate surface area is 116 Å². The Morgan fingerprint density at radius 1 is 1.16 bits per heavy atom. The number of unbranched alkanes of at least 4 members (excludes halogenated alkanes) is 3. The lowest BCUT2D eigenvalue weighted by molar-refractivity contribution is -0.128. The van der Waals surface area contributed by atoms with Crippen LogP contribution in [0.4, 0.5) is 0 Å². The molecule has 0 aromatic heterocycles. The highest BCUT2D eigenvalue weighted by Crippen LogP contribution is 2.12. The Morgan fingerprint density at radius 3 is 2.53 bits per heavy atom. The SMILES string of the molecule is CCCCCCNC(=O)C(CC)Oc1ccccc1. The lowest BCUT2D eigenvalue weighted by Crippen LogP contribution is -2.38. The molecule has 106 valence electrons. The van der Waals surface area contributed by atoms with E-state index in [4.69, 9.17) is 4.74 Å². The first-order chi connectivity index (χ1) is 9.27. The molecule has 0 aliphatic heterocycles. The molecule has 0 aliphatic rings. The summed E-state index contributed by atoms with van der Waals surface area (Å²) in [5.41, 5.74) is 0. The molecular formula is C16H25NO2. The smallest absolute Gasteiger partial charge is 0.261 e. The highest BCUT2D eigenvalue weighted by atomic mass is 16.5. The number of benzene rings is 1. The molecule has 0 saturated carbocycles. The topological polar surface area (TPSA) is 38.3 Å². The molecule has 1 aromatic carbocycles. The third-order valence-electron chi connectivity index (χ3n) is 3.01. The second-order valence-electron chi connectivity index (χ2n) is 4.68. The Kier molecular flexibility index (Phi) is 7.71. The van der Waals surface area contributed by atoms with E-state index in [1.807, 2.05) is 37.3 Å². The molecule has 0 fully saturated rings. The van der Waals surface area contributed by atoms with Crippen LogP contribution in [-0.4, -0.2) is 18.6 Å². The van der Waals surface area contributed by atoms with Gasteiger partial charge in [-0.05, 0) is 25.0 Å². The number of carbonyl (C=O) groups is 1. The van der Waals surface area contributed by atoms with Gasteiger partial charge in [0.15, 0.2) is 6.10 Å². The van der Waals surface area contributed by atoms with Gasteiger partial charge in [0.2, 0.25) is 0 Å². The van der Waals surface area contributed by atoms with Crippen LogP contribution in [0, 0.1) is 0 Å². The van der Waals surface area contributed by atoms with Crippen LogP contribution in [0.2, 0.25) is 0 Å². The van der Waals surface area contributed by atoms with Crippen molar-refractivity contribution < 1.29 is 9.53 Å². The van der Waals surface area contributed by atoms with Crippen LogP contribution in [0.5, 0.6) is 5.75 Å². The molecule has 0 spiro atoms. The largest absolute Gasteiger partial charge is 0.481 e. The highest BCUT2D eigenvalue weighted by Gasteiger charge is 2.17. The van der Waals surface area contributed by atoms with Gasteiger partial charge < -0.3 is 10.1 Å². The van der Waals surface area contributed by atoms with Crippen molar-refractivity contribution in [3.8, 4) is 5.75 Å². The maximum absolute atomic E-state index is 12.0. The molecule has 0 bridgehead atoms. The summed E-state index contributed by atoms with van der Waals surface area (Å²) in [5, 5.41) is 2.95. The molecule has 0 heterocycles. The summed E-state index contributed by atoms with van der Waals surface area (Å²) in [6.45, 7) is 4.89. The molecule has 1 amide bonds. The molecule has 1 unspecified atom stereocenters. The maximum atomic E-state index is 12.0. The Balaban J connectivity index is 2.31. The first-order valence-electron chi connectivity index (χ1n) is 7.27. The fraction of sp³-hybridized carbons (Fsp3) is 0.562. The van der Waals surface area contributed by atoms with Crippen LogP contribution in [0.15, 0.2) is 30.3 Å². The predicted molar refractivity (Wildman–Crippen MR) is 78.3 cm³/mol. The molecule has 1 rings (SSSR count). The number of rotatable bonds is 9. The van der Waals surface area contributed by atoms with Gasteiger partial charge in [0, 0.05) is 6.54 Å². The third-order valence-corrected chi connectivity index (χ3v) is 3.01. The summed E-state index contributed by atoms with van der Waals surface area (Å²) < 4.78 is 5.69. The molecule has 3 heteroatoms. The number of hydrogen-bond donors (Lipinski definition) is 1. The van der Waals surface area contributed by atoms with Crippen LogP contribution in [-0.2, 0) is 4.79 Å². The van der Waals surface area contributed by atoms with E-state index in [1.165, 1.54) is 19.3 Å². The van der Waals surface area contributed by atoms with Crippen molar-refractivity contribution in [2.24, 2.45) is 0 Å². The Hall–Kier alpha value is -1.51. The van der Waals surface area contributed by atoms with Gasteiger partial charge in [-0.1, -0.05) is 51.3 Å². The van der Waals surface area contributed by atoms with Gasteiger partial charge in [-0.25, -0.2) is 0 Å². The van der Waals surface area contributed by atoms with E-state index < -0.39 is 6.10 Å². The van der Waals surface area contributed by atoms with Gasteiger partial charge in [0.25, 0.3) is 5.91 Å². The average molecular weight is 263 g/mol. The molecule has 3 nitrogen and oxygen atoms in total. The zero-order valence-electron chi connectivity index (χ0n) is 12.0. The number of ether oxygens (including phenoxy) is 1. The Morgan fingerprint density at radius 2 is 1.89 bits per heavy atom. The van der Waals surface area contributed by atoms with Gasteiger partial charge >= 0.3 is 0 Å². The van der Waals surface area contributed by atoms with E-state index in [9.17, 15) is 4.79 Å². The zero-order valence-corrected chi connectivity index (χ0v) is 12.0. The second-order valence-corrected chi connectivity index (χ2v) is 4.68. The minimum Gasteiger partial charge on any atom is -0.481 e. The summed E-state index contributed by atoms with van der Waals surface area (Å²) in [6.07, 6.45) is 4.94. The van der Waals surface area contributed by atoms with E-state index in [0.29, 0.717) is 6.42 Å². The van der Waals surface area contributed by atoms with Crippen molar-refractivity contribution in [2.75, 3.05) is 6.54 Å². The summed E-state index contributed by atoms with van der Waals surface area (Å²) in [5.74, 6) is 0.735. The standard InChI is InChI=1S/C16H25NO2/c1-3-5-6-10-13-17-16(18)15(4-2)19-14-11-8-7-9-12-14/h7-9,11-12,15H,3-6,10,13H2,1-2H3,(H,17,18). The molecule has 1 atom stereocenters. The van der Waals surface area contributed by atoms with Crippen LogP contribution in [0.25, 0.3) is 0 Å². The van der Waals surface area contributed by atoms with Gasteiger partial charge in [-0.3, -0.25) is 4.79 Å². The van der Waals surface area contributed by atoms with E-state index in [2.05, 4.69) is 12.2 Å². The van der Waals surface area contributed by atoms with Crippen molar-refractivity contribution >= 4 is 5.91 Å². The zero-order chi connectivity index (χ0) is 13.9. The van der Waals surface area contributed by atoms with E-state index in [1.54, 1.807) is 0 Å². The quantitative estimate of drug-likeness (QED) is 0.692. The first-order valence-corrected chi connectivity index (χ1v) is 7.27. The molecule has 1 aromatic rings. The monoisotopic (exact) mass is 263 g/mol. The summed E-state index contributed by atoms with van der Waals surface area (Å²) in [4.78, 5) is 12.0. The predicted octanol–water partition coefficient (Wildman–Crippen LogP) is 3.54. The summed E-state index contributed by atoms with van der Waals surface area (Å²) >= 11 is 0. The molecular weight excluding hydrogens is 238 g/mol. The van der Waals surface area contributed by atoms with Crippen LogP contribution < -0.4 is 10.1 Å². The van der Waals surface area contributed by atoms with E-state index in [0.717, 1.165) is 18.7 Å². The molecule has 0 radical (unpaired) electrons. The van der Waals surface area contributed by atoms with Crippen LogP contribution in [0.3, 0.4) is 0 Å². The number of amides is 1. The second kappa shape index (κ2) is 9.42. The highest BCUT2D eigenvalue weighted by molar-refractivity contribution is 5.81. The third kappa shape index (κ3) is 6.27. The lowest BCUT2D eigenvalue weighted by Gasteiger charge is -2.17. The number of hydrogen-bond acceptors (Lipinski definition) is 2. The van der Waals surface area contributed by atoms with Gasteiger partial charge in [-0.2, -0.15) is 0 Å². The maximum Gasteiger partial charge on any atom is 0.261 e. The van der Waals surface area contributed by atoms with Gasteiger partial charge in [-0.15, -0.1) is 0 Å². The van der Waals surface area contributed by atoms with Gasteiger partial charge in [0.05, 0.1) is 0 Å². The van der Waals surface area contributed by atoms with Crippen molar-refractivity contribution in [3.63, 3.8) is 0 Å². The summed E-state index contributed by atoms with van der Waals surface area (Å²) in [7, 11) is 0. The average Bonchev–Trinajstić information content (AvgIpc) is 2.45. The van der Waals surface area contributed by atoms with Crippen LogP contribution >= 0.6 is 0 Å². The normalized spacial score (nSPS) is 11.9. The minimum atomic E-state index is -0.395. The minimum absolute atomic E-state index is 0.0112. The molecule has 1 N–H and O–H groups in total. The molecule has 19 heavy (non-hydrogen) atoms. The van der Waals surface area contributed by atoms with Crippen molar-refractivity contribution in [3.05, 3.63) is 30.3 Å². The first kappa shape index (κ1) is 15.5. The number of carbonyl (C=O) groups excluding carboxylic acids is 1.